The Kier molecular flexibility index (Phi) is 2.48. The number of H-pyrrole nitrogens is 1. The van der Waals surface area contributed by atoms with Gasteiger partial charge in [-0.25, -0.2) is 0 Å². The first-order chi connectivity index (χ1) is 7.58. The summed E-state index contributed by atoms with van der Waals surface area (Å²) in [7, 11) is 0. The van der Waals surface area contributed by atoms with Crippen molar-refractivity contribution in [3.05, 3.63) is 40.3 Å². The van der Waals surface area contributed by atoms with Crippen molar-refractivity contribution in [1.82, 2.24) is 4.98 Å². The number of amides is 1. The summed E-state index contributed by atoms with van der Waals surface area (Å²) < 4.78 is 0. The summed E-state index contributed by atoms with van der Waals surface area (Å²) in [6, 6.07) is 5.39. The van der Waals surface area contributed by atoms with Gasteiger partial charge in [-0.05, 0) is 36.1 Å². The summed E-state index contributed by atoms with van der Waals surface area (Å²) >= 11 is 0. The molecule has 82 valence electrons. The van der Waals surface area contributed by atoms with Gasteiger partial charge in [0.15, 0.2) is 0 Å². The van der Waals surface area contributed by atoms with Crippen molar-refractivity contribution in [3.63, 3.8) is 0 Å². The van der Waals surface area contributed by atoms with E-state index < -0.39 is 0 Å². The number of pyridine rings is 1. The van der Waals surface area contributed by atoms with E-state index in [1.807, 2.05) is 13.0 Å². The largest absolute Gasteiger partial charge is 0.329 e. The van der Waals surface area contributed by atoms with Crippen LogP contribution < -0.4 is 10.9 Å². The number of rotatable bonds is 1. The zero-order valence-electron chi connectivity index (χ0n) is 9.13. The minimum atomic E-state index is -0.118. The maximum Gasteiger partial charge on any atom is 0.255 e. The van der Waals surface area contributed by atoms with E-state index in [9.17, 15) is 9.59 Å². The van der Waals surface area contributed by atoms with Gasteiger partial charge in [-0.3, -0.25) is 9.59 Å². The molecule has 2 aromatic rings. The number of nitrogens with one attached hydrogen (secondary N) is 2. The molecule has 0 aliphatic carbocycles. The van der Waals surface area contributed by atoms with E-state index in [1.54, 1.807) is 18.3 Å². The SMILES string of the molecule is CC(=O)Nc1cc2cc[nH]c(=O)c2cc1C. The van der Waals surface area contributed by atoms with Crippen LogP contribution in [-0.2, 0) is 4.79 Å². The van der Waals surface area contributed by atoms with Gasteiger partial charge in [0.05, 0.1) is 0 Å². The Morgan fingerprint density at radius 3 is 2.81 bits per heavy atom. The Morgan fingerprint density at radius 2 is 2.12 bits per heavy atom. The monoisotopic (exact) mass is 216 g/mol. The quantitative estimate of drug-likeness (QED) is 0.763. The predicted molar refractivity (Wildman–Crippen MR) is 63.6 cm³/mol. The lowest BCUT2D eigenvalue weighted by molar-refractivity contribution is -0.114. The van der Waals surface area contributed by atoms with E-state index in [-0.39, 0.29) is 11.5 Å². The highest BCUT2D eigenvalue weighted by Crippen LogP contribution is 2.20. The van der Waals surface area contributed by atoms with Crippen molar-refractivity contribution in [2.75, 3.05) is 5.32 Å². The summed E-state index contributed by atoms with van der Waals surface area (Å²) in [5.41, 5.74) is 1.50. The maximum atomic E-state index is 11.5. The van der Waals surface area contributed by atoms with Crippen molar-refractivity contribution in [1.29, 1.82) is 0 Å². The van der Waals surface area contributed by atoms with Gasteiger partial charge >= 0.3 is 0 Å². The molecule has 16 heavy (non-hydrogen) atoms. The number of fused-ring (bicyclic) bond motifs is 1. The third-order valence-corrected chi connectivity index (χ3v) is 2.43. The van der Waals surface area contributed by atoms with Crippen molar-refractivity contribution >= 4 is 22.4 Å². The number of carbonyl (C=O) groups excluding carboxylic acids is 1. The second-order valence-electron chi connectivity index (χ2n) is 3.74. The van der Waals surface area contributed by atoms with Gasteiger partial charge in [0, 0.05) is 24.2 Å². The lowest BCUT2D eigenvalue weighted by atomic mass is 10.1. The molecule has 4 heteroatoms. The van der Waals surface area contributed by atoms with Crippen LogP contribution >= 0.6 is 0 Å². The van der Waals surface area contributed by atoms with Crippen molar-refractivity contribution in [2.24, 2.45) is 0 Å². The molecule has 0 aliphatic heterocycles. The number of anilines is 1. The van der Waals surface area contributed by atoms with Gasteiger partial charge in [0.2, 0.25) is 5.91 Å². The Balaban J connectivity index is 2.67. The molecular formula is C12H12N2O2. The highest BCUT2D eigenvalue weighted by atomic mass is 16.1. The number of hydrogen-bond acceptors (Lipinski definition) is 2. The van der Waals surface area contributed by atoms with Crippen LogP contribution in [0.5, 0.6) is 0 Å². The standard InChI is InChI=1S/C12H12N2O2/c1-7-5-10-9(3-4-13-12(10)16)6-11(7)14-8(2)15/h3-6H,1-2H3,(H,13,16)(H,14,15). The highest BCUT2D eigenvalue weighted by Gasteiger charge is 2.04. The number of aromatic nitrogens is 1. The second kappa shape index (κ2) is 3.81. The Labute approximate surface area is 92.3 Å². The summed E-state index contributed by atoms with van der Waals surface area (Å²) in [6.07, 6.45) is 1.59. The fraction of sp³-hybridized carbons (Fsp3) is 0.167. The van der Waals surface area contributed by atoms with E-state index in [4.69, 9.17) is 0 Å². The third-order valence-electron chi connectivity index (χ3n) is 2.43. The molecule has 0 unspecified atom stereocenters. The van der Waals surface area contributed by atoms with E-state index >= 15 is 0 Å². The van der Waals surface area contributed by atoms with E-state index in [0.717, 1.165) is 16.6 Å². The molecule has 0 spiro atoms. The van der Waals surface area contributed by atoms with E-state index in [1.165, 1.54) is 6.92 Å². The fourth-order valence-corrected chi connectivity index (χ4v) is 1.67. The minimum Gasteiger partial charge on any atom is -0.329 e. The molecule has 0 radical (unpaired) electrons. The third kappa shape index (κ3) is 1.82. The normalized spacial score (nSPS) is 10.4. The number of carbonyl (C=O) groups is 1. The fourth-order valence-electron chi connectivity index (χ4n) is 1.67. The average molecular weight is 216 g/mol. The van der Waals surface area contributed by atoms with Gasteiger partial charge in [0.1, 0.15) is 0 Å². The van der Waals surface area contributed by atoms with Crippen LogP contribution in [0.3, 0.4) is 0 Å². The van der Waals surface area contributed by atoms with Crippen LogP contribution in [0.1, 0.15) is 12.5 Å². The zero-order chi connectivity index (χ0) is 11.7. The Hall–Kier alpha value is -2.10. The molecule has 0 saturated carbocycles. The molecule has 1 heterocycles. The predicted octanol–water partition coefficient (Wildman–Crippen LogP) is 1.79. The summed E-state index contributed by atoms with van der Waals surface area (Å²) in [4.78, 5) is 25.1. The molecule has 0 aliphatic rings. The van der Waals surface area contributed by atoms with Crippen molar-refractivity contribution in [2.45, 2.75) is 13.8 Å². The summed E-state index contributed by atoms with van der Waals surface area (Å²) in [5, 5.41) is 4.18. The van der Waals surface area contributed by atoms with Crippen LogP contribution in [0.25, 0.3) is 10.8 Å². The zero-order valence-corrected chi connectivity index (χ0v) is 9.13. The van der Waals surface area contributed by atoms with Crippen LogP contribution in [0, 0.1) is 6.92 Å². The van der Waals surface area contributed by atoms with E-state index in [2.05, 4.69) is 10.3 Å². The number of aromatic amines is 1. The minimum absolute atomic E-state index is 0.116. The molecular weight excluding hydrogens is 204 g/mol. The number of benzene rings is 1. The first-order valence-electron chi connectivity index (χ1n) is 4.97. The molecule has 1 amide bonds. The Morgan fingerprint density at radius 1 is 1.38 bits per heavy atom. The van der Waals surface area contributed by atoms with Crippen molar-refractivity contribution in [3.8, 4) is 0 Å². The molecule has 4 nitrogen and oxygen atoms in total. The smallest absolute Gasteiger partial charge is 0.255 e. The maximum absolute atomic E-state index is 11.5. The first-order valence-corrected chi connectivity index (χ1v) is 4.97. The van der Waals surface area contributed by atoms with E-state index in [0.29, 0.717) is 5.39 Å². The molecule has 2 rings (SSSR count). The van der Waals surface area contributed by atoms with Crippen LogP contribution in [0.15, 0.2) is 29.2 Å². The van der Waals surface area contributed by atoms with Gasteiger partial charge in [0.25, 0.3) is 5.56 Å². The summed E-state index contributed by atoms with van der Waals surface area (Å²) in [5.74, 6) is -0.118. The molecule has 0 bridgehead atoms. The van der Waals surface area contributed by atoms with Gasteiger partial charge in [-0.2, -0.15) is 0 Å². The first kappa shape index (κ1) is 10.4. The molecule has 0 fully saturated rings. The van der Waals surface area contributed by atoms with Crippen LogP contribution in [0.4, 0.5) is 5.69 Å². The molecule has 0 saturated heterocycles. The molecule has 0 atom stereocenters. The summed E-state index contributed by atoms with van der Waals surface area (Å²) in [6.45, 7) is 3.32. The van der Waals surface area contributed by atoms with Gasteiger partial charge in [-0.1, -0.05) is 0 Å². The van der Waals surface area contributed by atoms with Gasteiger partial charge < -0.3 is 10.3 Å². The Bertz CT molecular complexity index is 614. The topological polar surface area (TPSA) is 62.0 Å². The highest BCUT2D eigenvalue weighted by molar-refractivity contribution is 5.94. The second-order valence-corrected chi connectivity index (χ2v) is 3.74. The number of aryl methyl sites for hydroxylation is 1. The van der Waals surface area contributed by atoms with Crippen molar-refractivity contribution < 1.29 is 4.79 Å². The number of hydrogen-bond donors (Lipinski definition) is 2. The van der Waals surface area contributed by atoms with Gasteiger partial charge in [-0.15, -0.1) is 0 Å². The molecule has 1 aromatic carbocycles. The lowest BCUT2D eigenvalue weighted by Gasteiger charge is -2.07. The lowest BCUT2D eigenvalue weighted by Crippen LogP contribution is -2.09. The molecule has 1 aromatic heterocycles. The van der Waals surface area contributed by atoms with Crippen LogP contribution in [-0.4, -0.2) is 10.9 Å². The van der Waals surface area contributed by atoms with Crippen LogP contribution in [0.2, 0.25) is 0 Å². The molecule has 2 N–H and O–H groups in total. The average Bonchev–Trinajstić information content (AvgIpc) is 2.20.